The van der Waals surface area contributed by atoms with Crippen molar-refractivity contribution in [2.24, 2.45) is 7.05 Å². The first kappa shape index (κ1) is 15.3. The van der Waals surface area contributed by atoms with Crippen molar-refractivity contribution in [3.05, 3.63) is 17.5 Å². The summed E-state index contributed by atoms with van der Waals surface area (Å²) >= 11 is 0. The van der Waals surface area contributed by atoms with E-state index in [1.54, 1.807) is 0 Å². The smallest absolute Gasteiger partial charge is 0.356 e. The average Bonchev–Trinajstić information content (AvgIpc) is 2.66. The highest BCUT2D eigenvalue weighted by atomic mass is 19.4. The molecular formula is C12H15F3N4O2. The number of aryl methyl sites for hydroxylation is 1. The van der Waals surface area contributed by atoms with Gasteiger partial charge in [-0.1, -0.05) is 0 Å². The van der Waals surface area contributed by atoms with Gasteiger partial charge in [0.25, 0.3) is 5.91 Å². The Labute approximate surface area is 118 Å². The predicted molar refractivity (Wildman–Crippen MR) is 66.3 cm³/mol. The Morgan fingerprint density at radius 2 is 2.19 bits per heavy atom. The fraction of sp³-hybridized carbons (Fsp3) is 0.583. The molecule has 1 fully saturated rings. The number of halogens is 3. The van der Waals surface area contributed by atoms with Crippen molar-refractivity contribution in [2.75, 3.05) is 6.54 Å². The van der Waals surface area contributed by atoms with Crippen LogP contribution in [0.15, 0.2) is 6.07 Å². The van der Waals surface area contributed by atoms with Crippen molar-refractivity contribution in [3.63, 3.8) is 0 Å². The van der Waals surface area contributed by atoms with Gasteiger partial charge in [0.15, 0.2) is 5.69 Å². The van der Waals surface area contributed by atoms with E-state index >= 15 is 0 Å². The van der Waals surface area contributed by atoms with E-state index in [9.17, 15) is 22.8 Å². The third-order valence-electron chi connectivity index (χ3n) is 3.27. The molecule has 1 saturated heterocycles. The third-order valence-corrected chi connectivity index (χ3v) is 3.27. The molecule has 0 saturated carbocycles. The summed E-state index contributed by atoms with van der Waals surface area (Å²) in [6, 6.07) is 0.461. The zero-order valence-electron chi connectivity index (χ0n) is 11.3. The van der Waals surface area contributed by atoms with E-state index in [1.807, 2.05) is 0 Å². The normalized spacial score (nSPS) is 19.8. The van der Waals surface area contributed by atoms with Gasteiger partial charge in [0.2, 0.25) is 5.91 Å². The molecule has 2 rings (SSSR count). The highest BCUT2D eigenvalue weighted by Crippen LogP contribution is 2.29. The van der Waals surface area contributed by atoms with Crippen LogP contribution in [0.4, 0.5) is 13.2 Å². The molecule has 21 heavy (non-hydrogen) atoms. The predicted octanol–water partition coefficient (Wildman–Crippen LogP) is 0.837. The molecule has 1 unspecified atom stereocenters. The summed E-state index contributed by atoms with van der Waals surface area (Å²) in [6.45, 7) is 0.430. The number of hydrogen-bond donors (Lipinski definition) is 2. The van der Waals surface area contributed by atoms with Crippen LogP contribution in [0.5, 0.6) is 0 Å². The molecule has 2 heterocycles. The summed E-state index contributed by atoms with van der Waals surface area (Å²) < 4.78 is 38.6. The first-order chi connectivity index (χ1) is 9.77. The second-order valence-corrected chi connectivity index (χ2v) is 4.88. The molecule has 0 radical (unpaired) electrons. The van der Waals surface area contributed by atoms with Gasteiger partial charge in [-0.15, -0.1) is 0 Å². The number of amides is 2. The summed E-state index contributed by atoms with van der Waals surface area (Å²) in [5.74, 6) is -0.760. The summed E-state index contributed by atoms with van der Waals surface area (Å²) in [5, 5.41) is 8.86. The molecule has 2 amide bonds. The van der Waals surface area contributed by atoms with Gasteiger partial charge in [-0.2, -0.15) is 18.3 Å². The van der Waals surface area contributed by atoms with Gasteiger partial charge in [-0.05, 0) is 12.8 Å². The maximum atomic E-state index is 12.6. The molecule has 1 atom stereocenters. The molecule has 0 aromatic carbocycles. The van der Waals surface area contributed by atoms with Gasteiger partial charge in [-0.25, -0.2) is 0 Å². The van der Waals surface area contributed by atoms with E-state index in [-0.39, 0.29) is 24.1 Å². The SMILES string of the molecule is Cn1nc(C(=O)NC2CCNC(=O)CC2)cc1C(F)(F)F. The number of aromatic nitrogens is 2. The number of nitrogens with zero attached hydrogens (tertiary/aromatic N) is 2. The van der Waals surface area contributed by atoms with Crippen molar-refractivity contribution < 1.29 is 22.8 Å². The minimum atomic E-state index is -4.56. The lowest BCUT2D eigenvalue weighted by Gasteiger charge is -2.14. The van der Waals surface area contributed by atoms with E-state index in [2.05, 4.69) is 15.7 Å². The van der Waals surface area contributed by atoms with Crippen LogP contribution in [0, 0.1) is 0 Å². The Balaban J connectivity index is 2.05. The van der Waals surface area contributed by atoms with E-state index in [0.29, 0.717) is 24.1 Å². The van der Waals surface area contributed by atoms with Gasteiger partial charge < -0.3 is 10.6 Å². The highest BCUT2D eigenvalue weighted by Gasteiger charge is 2.35. The molecule has 1 aromatic rings. The van der Waals surface area contributed by atoms with E-state index in [4.69, 9.17) is 0 Å². The molecule has 9 heteroatoms. The minimum Gasteiger partial charge on any atom is -0.356 e. The lowest BCUT2D eigenvalue weighted by Crippen LogP contribution is -2.35. The number of nitrogens with one attached hydrogen (secondary N) is 2. The van der Waals surface area contributed by atoms with Crippen LogP contribution < -0.4 is 10.6 Å². The molecule has 1 aliphatic heterocycles. The van der Waals surface area contributed by atoms with Gasteiger partial charge in [0.05, 0.1) is 0 Å². The Morgan fingerprint density at radius 3 is 2.81 bits per heavy atom. The second-order valence-electron chi connectivity index (χ2n) is 4.88. The maximum Gasteiger partial charge on any atom is 0.433 e. The molecular weight excluding hydrogens is 289 g/mol. The van der Waals surface area contributed by atoms with Crippen LogP contribution >= 0.6 is 0 Å². The first-order valence-electron chi connectivity index (χ1n) is 6.46. The van der Waals surface area contributed by atoms with Crippen molar-refractivity contribution >= 4 is 11.8 Å². The largest absolute Gasteiger partial charge is 0.433 e. The van der Waals surface area contributed by atoms with Crippen molar-refractivity contribution in [1.82, 2.24) is 20.4 Å². The number of carbonyl (C=O) groups excluding carboxylic acids is 2. The maximum absolute atomic E-state index is 12.6. The lowest BCUT2D eigenvalue weighted by atomic mass is 10.1. The average molecular weight is 304 g/mol. The summed E-state index contributed by atoms with van der Waals surface area (Å²) in [7, 11) is 1.13. The van der Waals surface area contributed by atoms with Crippen LogP contribution in [-0.2, 0) is 18.0 Å². The van der Waals surface area contributed by atoms with Crippen LogP contribution in [0.3, 0.4) is 0 Å². The van der Waals surface area contributed by atoms with Gasteiger partial charge >= 0.3 is 6.18 Å². The number of rotatable bonds is 2. The lowest BCUT2D eigenvalue weighted by molar-refractivity contribution is -0.143. The monoisotopic (exact) mass is 304 g/mol. The Hall–Kier alpha value is -2.06. The van der Waals surface area contributed by atoms with E-state index < -0.39 is 17.8 Å². The Morgan fingerprint density at radius 1 is 1.48 bits per heavy atom. The van der Waals surface area contributed by atoms with E-state index in [0.717, 1.165) is 13.1 Å². The summed E-state index contributed by atoms with van der Waals surface area (Å²) in [5.41, 5.74) is -1.27. The van der Waals surface area contributed by atoms with Crippen molar-refractivity contribution in [3.8, 4) is 0 Å². The number of alkyl halides is 3. The first-order valence-corrected chi connectivity index (χ1v) is 6.46. The van der Waals surface area contributed by atoms with Crippen LogP contribution in [0.25, 0.3) is 0 Å². The minimum absolute atomic E-state index is 0.0936. The standard InChI is InChI=1S/C12H15F3N4O2/c1-19-9(12(13,14)15)6-8(18-19)11(21)17-7-2-3-10(20)16-5-4-7/h6-7H,2-5H2,1H3,(H,16,20)(H,17,21). The number of hydrogen-bond acceptors (Lipinski definition) is 3. The topological polar surface area (TPSA) is 76.0 Å². The Kier molecular flexibility index (Phi) is 4.19. The van der Waals surface area contributed by atoms with Crippen LogP contribution in [0.2, 0.25) is 0 Å². The summed E-state index contributed by atoms with van der Waals surface area (Å²) in [4.78, 5) is 23.1. The van der Waals surface area contributed by atoms with Crippen molar-refractivity contribution in [2.45, 2.75) is 31.5 Å². The fourth-order valence-corrected chi connectivity index (χ4v) is 2.17. The molecule has 1 aliphatic rings. The quantitative estimate of drug-likeness (QED) is 0.850. The zero-order chi connectivity index (χ0) is 15.6. The Bertz CT molecular complexity index is 553. The molecule has 6 nitrogen and oxygen atoms in total. The van der Waals surface area contributed by atoms with Gasteiger partial charge in [0.1, 0.15) is 5.69 Å². The molecule has 1 aromatic heterocycles. The fourth-order valence-electron chi connectivity index (χ4n) is 2.17. The van der Waals surface area contributed by atoms with Crippen molar-refractivity contribution in [1.29, 1.82) is 0 Å². The molecule has 116 valence electrons. The molecule has 0 bridgehead atoms. The van der Waals surface area contributed by atoms with Crippen LogP contribution in [0.1, 0.15) is 35.4 Å². The van der Waals surface area contributed by atoms with E-state index in [1.165, 1.54) is 0 Å². The molecule has 0 aliphatic carbocycles. The van der Waals surface area contributed by atoms with Gasteiger partial charge in [0, 0.05) is 32.1 Å². The van der Waals surface area contributed by atoms with Crippen LogP contribution in [-0.4, -0.2) is 34.2 Å². The van der Waals surface area contributed by atoms with Gasteiger partial charge in [-0.3, -0.25) is 14.3 Å². The summed E-state index contributed by atoms with van der Waals surface area (Å²) in [6.07, 6.45) is -3.28. The molecule has 2 N–H and O–H groups in total. The molecule has 0 spiro atoms. The number of carbonyl (C=O) groups is 2. The zero-order valence-corrected chi connectivity index (χ0v) is 11.3. The highest BCUT2D eigenvalue weighted by molar-refractivity contribution is 5.92. The third kappa shape index (κ3) is 3.73. The second kappa shape index (κ2) is 5.74.